The predicted molar refractivity (Wildman–Crippen MR) is 59.8 cm³/mol. The molecule has 0 aliphatic heterocycles. The minimum atomic E-state index is -2.55. The number of nitrogens with zero attached hydrogens (tertiary/aromatic N) is 3. The number of aromatic nitrogens is 1. The molecule has 0 spiro atoms. The minimum absolute atomic E-state index is 0.345. The van der Waals surface area contributed by atoms with E-state index in [1.807, 2.05) is 0 Å². The maximum atomic E-state index is 11.9. The molecule has 80 valence electrons. The molecule has 0 aliphatic carbocycles. The van der Waals surface area contributed by atoms with Crippen molar-refractivity contribution in [2.24, 2.45) is 4.36 Å². The highest BCUT2D eigenvalue weighted by Gasteiger charge is 2.16. The molecule has 0 fully saturated rings. The highest BCUT2D eigenvalue weighted by molar-refractivity contribution is 7.93. The topological polar surface area (TPSA) is 66.1 Å². The summed E-state index contributed by atoms with van der Waals surface area (Å²) in [5, 5.41) is 8.44. The third-order valence-corrected chi connectivity index (χ3v) is 4.35. The van der Waals surface area contributed by atoms with Crippen molar-refractivity contribution < 1.29 is 4.21 Å². The van der Waals surface area contributed by atoms with Crippen molar-refractivity contribution in [3.8, 4) is 6.19 Å². The highest BCUT2D eigenvalue weighted by Crippen LogP contribution is 2.22. The third kappa shape index (κ3) is 2.91. The summed E-state index contributed by atoms with van der Waals surface area (Å²) in [4.78, 5) is 3.89. The Kier molecular flexibility index (Phi) is 3.66. The maximum absolute atomic E-state index is 11.9. The van der Waals surface area contributed by atoms with Gasteiger partial charge in [-0.2, -0.15) is 5.26 Å². The lowest BCUT2D eigenvalue weighted by molar-refractivity contribution is 0.673. The van der Waals surface area contributed by atoms with E-state index in [4.69, 9.17) is 16.9 Å². The number of nitriles is 1. The Hall–Kier alpha value is -1.12. The molecule has 2 atom stereocenters. The van der Waals surface area contributed by atoms with Gasteiger partial charge in [0.2, 0.25) is 6.19 Å². The summed E-state index contributed by atoms with van der Waals surface area (Å²) in [5.41, 5.74) is 0.755. The fraction of sp³-hybridized carbons (Fsp3) is 0.333. The maximum Gasteiger partial charge on any atom is 0.214 e. The van der Waals surface area contributed by atoms with Gasteiger partial charge in [0.15, 0.2) is 0 Å². The van der Waals surface area contributed by atoms with E-state index < -0.39 is 9.73 Å². The van der Waals surface area contributed by atoms with E-state index in [0.29, 0.717) is 5.15 Å². The number of hydrogen-bond donors (Lipinski definition) is 0. The summed E-state index contributed by atoms with van der Waals surface area (Å²) < 4.78 is 15.3. The van der Waals surface area contributed by atoms with Crippen LogP contribution in [0.25, 0.3) is 0 Å². The van der Waals surface area contributed by atoms with Gasteiger partial charge in [-0.25, -0.2) is 9.19 Å². The van der Waals surface area contributed by atoms with Crippen molar-refractivity contribution in [2.45, 2.75) is 12.2 Å². The molecule has 0 N–H and O–H groups in total. The van der Waals surface area contributed by atoms with Crippen molar-refractivity contribution >= 4 is 21.3 Å². The van der Waals surface area contributed by atoms with Crippen LogP contribution in [0.2, 0.25) is 5.15 Å². The van der Waals surface area contributed by atoms with Gasteiger partial charge in [-0.1, -0.05) is 17.7 Å². The largest absolute Gasteiger partial charge is 0.248 e. The first-order valence-electron chi connectivity index (χ1n) is 4.18. The summed E-state index contributed by atoms with van der Waals surface area (Å²) in [5.74, 6) is 0. The average molecular weight is 244 g/mol. The fourth-order valence-corrected chi connectivity index (χ4v) is 2.12. The van der Waals surface area contributed by atoms with Gasteiger partial charge in [-0.15, -0.1) is 4.36 Å². The summed E-state index contributed by atoms with van der Waals surface area (Å²) in [6, 6.07) is 3.35. The lowest BCUT2D eigenvalue weighted by Crippen LogP contribution is -2.07. The van der Waals surface area contributed by atoms with Crippen molar-refractivity contribution in [1.29, 1.82) is 5.26 Å². The molecule has 1 unspecified atom stereocenters. The van der Waals surface area contributed by atoms with E-state index in [2.05, 4.69) is 9.35 Å². The summed E-state index contributed by atoms with van der Waals surface area (Å²) >= 11 is 5.63. The lowest BCUT2D eigenvalue weighted by Gasteiger charge is -2.11. The van der Waals surface area contributed by atoms with Crippen LogP contribution >= 0.6 is 11.6 Å². The molecule has 15 heavy (non-hydrogen) atoms. The van der Waals surface area contributed by atoms with Crippen molar-refractivity contribution in [1.82, 2.24) is 4.98 Å². The second-order valence-electron chi connectivity index (χ2n) is 3.11. The molecule has 0 aliphatic rings. The molecular weight excluding hydrogens is 234 g/mol. The Morgan fingerprint density at radius 2 is 2.33 bits per heavy atom. The van der Waals surface area contributed by atoms with Gasteiger partial charge in [0.1, 0.15) is 5.15 Å². The van der Waals surface area contributed by atoms with Crippen LogP contribution in [0.4, 0.5) is 0 Å². The molecule has 0 amide bonds. The van der Waals surface area contributed by atoms with Crippen LogP contribution in [0.15, 0.2) is 22.7 Å². The Morgan fingerprint density at radius 1 is 1.67 bits per heavy atom. The Labute approximate surface area is 94.1 Å². The van der Waals surface area contributed by atoms with E-state index in [-0.39, 0.29) is 5.25 Å². The molecule has 1 aromatic heterocycles. The number of pyridine rings is 1. The van der Waals surface area contributed by atoms with Crippen LogP contribution < -0.4 is 0 Å². The van der Waals surface area contributed by atoms with Crippen molar-refractivity contribution in [2.75, 3.05) is 6.26 Å². The summed E-state index contributed by atoms with van der Waals surface area (Å²) in [6.07, 6.45) is 4.57. The lowest BCUT2D eigenvalue weighted by atomic mass is 10.2. The first kappa shape index (κ1) is 12.0. The quantitative estimate of drug-likeness (QED) is 0.592. The summed E-state index contributed by atoms with van der Waals surface area (Å²) in [7, 11) is -2.55. The van der Waals surface area contributed by atoms with Gasteiger partial charge in [-0.3, -0.25) is 0 Å². The van der Waals surface area contributed by atoms with Crippen molar-refractivity contribution in [3.05, 3.63) is 29.0 Å². The first-order valence-corrected chi connectivity index (χ1v) is 6.54. The predicted octanol–water partition coefficient (Wildman–Crippen LogP) is 2.37. The molecule has 4 nitrogen and oxygen atoms in total. The molecule has 0 radical (unpaired) electrons. The third-order valence-electron chi connectivity index (χ3n) is 2.10. The molecule has 1 heterocycles. The Bertz CT molecular complexity index is 497. The van der Waals surface area contributed by atoms with Gasteiger partial charge in [0.25, 0.3) is 0 Å². The monoisotopic (exact) mass is 243 g/mol. The van der Waals surface area contributed by atoms with E-state index >= 15 is 0 Å². The second kappa shape index (κ2) is 4.60. The number of hydrogen-bond acceptors (Lipinski definition) is 4. The molecule has 0 aromatic carbocycles. The molecule has 0 saturated heterocycles. The Morgan fingerprint density at radius 3 is 2.80 bits per heavy atom. The van der Waals surface area contributed by atoms with Crippen LogP contribution in [0.5, 0.6) is 0 Å². The van der Waals surface area contributed by atoms with Crippen LogP contribution in [0.1, 0.15) is 17.7 Å². The van der Waals surface area contributed by atoms with E-state index in [1.165, 1.54) is 6.26 Å². The van der Waals surface area contributed by atoms with Crippen LogP contribution in [-0.4, -0.2) is 15.4 Å². The second-order valence-corrected chi connectivity index (χ2v) is 6.11. The number of rotatable bonds is 2. The molecule has 1 rings (SSSR count). The van der Waals surface area contributed by atoms with E-state index in [9.17, 15) is 4.21 Å². The normalized spacial score (nSPS) is 16.1. The van der Waals surface area contributed by atoms with Crippen molar-refractivity contribution in [3.63, 3.8) is 0 Å². The minimum Gasteiger partial charge on any atom is -0.248 e. The van der Waals surface area contributed by atoms with Gasteiger partial charge < -0.3 is 0 Å². The molecule has 1 aromatic rings. The first-order chi connectivity index (χ1) is 6.97. The molecular formula is C9H10ClN3OS. The zero-order valence-electron chi connectivity index (χ0n) is 8.35. The van der Waals surface area contributed by atoms with Crippen LogP contribution in [-0.2, 0) is 9.73 Å². The van der Waals surface area contributed by atoms with Gasteiger partial charge >= 0.3 is 0 Å². The van der Waals surface area contributed by atoms with Gasteiger partial charge in [0.05, 0.1) is 15.0 Å². The Balaban J connectivity index is 3.12. The molecule has 6 heteroatoms. The fourth-order valence-electron chi connectivity index (χ4n) is 1.04. The number of halogens is 1. The zero-order chi connectivity index (χ0) is 11.5. The van der Waals surface area contributed by atoms with E-state index in [0.717, 1.165) is 5.56 Å². The average Bonchev–Trinajstić information content (AvgIpc) is 2.18. The SMILES string of the molecule is CC(c1ccc(Cl)nc1)[S@](C)(=O)=NC#N. The van der Waals surface area contributed by atoms with Crippen LogP contribution in [0.3, 0.4) is 0 Å². The zero-order valence-corrected chi connectivity index (χ0v) is 9.92. The highest BCUT2D eigenvalue weighted by atomic mass is 35.5. The van der Waals surface area contributed by atoms with Crippen LogP contribution in [0, 0.1) is 11.5 Å². The van der Waals surface area contributed by atoms with E-state index in [1.54, 1.807) is 31.4 Å². The van der Waals surface area contributed by atoms with Gasteiger partial charge in [0, 0.05) is 12.5 Å². The smallest absolute Gasteiger partial charge is 0.214 e. The van der Waals surface area contributed by atoms with Gasteiger partial charge in [-0.05, 0) is 18.6 Å². The molecule has 0 bridgehead atoms. The molecule has 0 saturated carbocycles. The standard InChI is InChI=1S/C9H10ClN3OS/c1-7(15(2,14)13-6-11)8-3-4-9(10)12-5-8/h3-5,7H,1-2H3/t7?,15-/m0/s1. The summed E-state index contributed by atoms with van der Waals surface area (Å²) in [6.45, 7) is 1.74.